The van der Waals surface area contributed by atoms with Crippen LogP contribution in [0, 0.1) is 11.6 Å². The molecule has 1 aliphatic rings. The van der Waals surface area contributed by atoms with Crippen molar-refractivity contribution in [2.75, 3.05) is 62.0 Å². The molecule has 9 nitrogen and oxygen atoms in total. The summed E-state index contributed by atoms with van der Waals surface area (Å²) in [6, 6.07) is 19.9. The smallest absolute Gasteiger partial charge is 0.258 e. The molecule has 4 aromatic carbocycles. The van der Waals surface area contributed by atoms with E-state index < -0.39 is 11.6 Å². The van der Waals surface area contributed by atoms with Gasteiger partial charge in [-0.1, -0.05) is 18.2 Å². The predicted molar refractivity (Wildman–Crippen MR) is 172 cm³/mol. The van der Waals surface area contributed by atoms with Gasteiger partial charge in [-0.15, -0.1) is 0 Å². The van der Waals surface area contributed by atoms with E-state index in [4.69, 9.17) is 4.74 Å². The standard InChI is InChI=1S/C34H34F2N6O3/c1-45-14-11-38-30-19-25(42-12-9-37-10-13-42)6-7-26(30)34(44)39-33-28-17-23(15-21-3-2-4-24(35)16-21)27(20-31(28)40-41-33)22-5-8-32(43)29(36)18-22/h2-8,16-20,37-38,43H,9-15H2,1H3,(H2,39,40,41,44). The van der Waals surface area contributed by atoms with Gasteiger partial charge in [-0.3, -0.25) is 9.89 Å². The molecule has 1 aromatic heterocycles. The van der Waals surface area contributed by atoms with Gasteiger partial charge in [0.25, 0.3) is 5.91 Å². The van der Waals surface area contributed by atoms with E-state index in [2.05, 4.69) is 31.0 Å². The number of nitrogens with zero attached hydrogens (tertiary/aromatic N) is 2. The van der Waals surface area contributed by atoms with E-state index in [1.54, 1.807) is 19.2 Å². The van der Waals surface area contributed by atoms with Gasteiger partial charge < -0.3 is 30.7 Å². The number of benzene rings is 4. The molecule has 11 heteroatoms. The van der Waals surface area contributed by atoms with Crippen LogP contribution in [0.25, 0.3) is 22.0 Å². The number of carbonyl (C=O) groups is 1. The maximum absolute atomic E-state index is 14.4. The molecule has 1 saturated heterocycles. The van der Waals surface area contributed by atoms with Crippen molar-refractivity contribution >= 4 is 34.0 Å². The van der Waals surface area contributed by atoms with Crippen LogP contribution in [0.2, 0.25) is 0 Å². The van der Waals surface area contributed by atoms with Crippen molar-refractivity contribution in [1.82, 2.24) is 15.5 Å². The van der Waals surface area contributed by atoms with E-state index in [-0.39, 0.29) is 11.7 Å². The number of hydrogen-bond donors (Lipinski definition) is 5. The molecule has 0 aliphatic carbocycles. The first-order chi connectivity index (χ1) is 21.9. The molecule has 0 bridgehead atoms. The first-order valence-electron chi connectivity index (χ1n) is 14.8. The summed E-state index contributed by atoms with van der Waals surface area (Å²) in [7, 11) is 1.63. The van der Waals surface area contributed by atoms with Gasteiger partial charge in [0.05, 0.1) is 17.7 Å². The number of piperazine rings is 1. The average Bonchev–Trinajstić information content (AvgIpc) is 3.43. The Balaban J connectivity index is 1.35. The number of rotatable bonds is 10. The molecule has 2 heterocycles. The molecule has 0 radical (unpaired) electrons. The lowest BCUT2D eigenvalue weighted by molar-refractivity contribution is 0.102. The zero-order valence-corrected chi connectivity index (χ0v) is 24.8. The number of carbonyl (C=O) groups excluding carboxylic acids is 1. The minimum absolute atomic E-state index is 0.327. The number of amides is 1. The number of hydrogen-bond acceptors (Lipinski definition) is 7. The van der Waals surface area contributed by atoms with Crippen LogP contribution < -0.4 is 20.9 Å². The van der Waals surface area contributed by atoms with Crippen molar-refractivity contribution < 1.29 is 23.4 Å². The Hall–Kier alpha value is -5.00. The van der Waals surface area contributed by atoms with Crippen molar-refractivity contribution in [3.8, 4) is 16.9 Å². The summed E-state index contributed by atoms with van der Waals surface area (Å²) < 4.78 is 33.7. The van der Waals surface area contributed by atoms with Crippen LogP contribution in [0.4, 0.5) is 26.0 Å². The number of H-pyrrole nitrogens is 1. The quantitative estimate of drug-likeness (QED) is 0.132. The molecule has 0 saturated carbocycles. The van der Waals surface area contributed by atoms with E-state index in [9.17, 15) is 18.7 Å². The number of methoxy groups -OCH3 is 1. The SMILES string of the molecule is COCCNc1cc(N2CCNCC2)ccc1C(=O)Nc1n[nH]c2cc(-c3ccc(O)c(F)c3)c(Cc3cccc(F)c3)cc12. The maximum Gasteiger partial charge on any atom is 0.258 e. The minimum atomic E-state index is -0.750. The van der Waals surface area contributed by atoms with Gasteiger partial charge in [0.15, 0.2) is 17.4 Å². The highest BCUT2D eigenvalue weighted by Gasteiger charge is 2.20. The summed E-state index contributed by atoms with van der Waals surface area (Å²) >= 11 is 0. The molecular weight excluding hydrogens is 578 g/mol. The highest BCUT2D eigenvalue weighted by Crippen LogP contribution is 2.35. The molecule has 1 amide bonds. The Morgan fingerprint density at radius 2 is 1.89 bits per heavy atom. The highest BCUT2D eigenvalue weighted by atomic mass is 19.1. The summed E-state index contributed by atoms with van der Waals surface area (Å²) in [6.45, 7) is 4.54. The zero-order valence-electron chi connectivity index (χ0n) is 24.8. The number of aromatic nitrogens is 2. The molecule has 45 heavy (non-hydrogen) atoms. The largest absolute Gasteiger partial charge is 0.505 e. The lowest BCUT2D eigenvalue weighted by Gasteiger charge is -2.30. The summed E-state index contributed by atoms with van der Waals surface area (Å²) in [5.41, 5.74) is 5.48. The zero-order chi connectivity index (χ0) is 31.3. The van der Waals surface area contributed by atoms with Crippen LogP contribution >= 0.6 is 0 Å². The van der Waals surface area contributed by atoms with Crippen LogP contribution in [-0.2, 0) is 11.2 Å². The first-order valence-corrected chi connectivity index (χ1v) is 14.8. The van der Waals surface area contributed by atoms with Gasteiger partial charge in [0.1, 0.15) is 5.82 Å². The van der Waals surface area contributed by atoms with Gasteiger partial charge in [-0.05, 0) is 83.3 Å². The number of fused-ring (bicyclic) bond motifs is 1. The van der Waals surface area contributed by atoms with Crippen LogP contribution in [0.3, 0.4) is 0 Å². The number of aromatic hydroxyl groups is 1. The average molecular weight is 613 g/mol. The predicted octanol–water partition coefficient (Wildman–Crippen LogP) is 5.52. The molecule has 1 aliphatic heterocycles. The Morgan fingerprint density at radius 1 is 1.04 bits per heavy atom. The molecule has 0 unspecified atom stereocenters. The van der Waals surface area contributed by atoms with Gasteiger partial charge in [0, 0.05) is 56.6 Å². The van der Waals surface area contributed by atoms with E-state index >= 15 is 0 Å². The van der Waals surface area contributed by atoms with E-state index in [0.29, 0.717) is 58.7 Å². The monoisotopic (exact) mass is 612 g/mol. The van der Waals surface area contributed by atoms with Gasteiger partial charge >= 0.3 is 0 Å². The molecule has 5 aromatic rings. The summed E-state index contributed by atoms with van der Waals surface area (Å²) in [6.07, 6.45) is 0.338. The number of halogens is 2. The third-order valence-corrected chi connectivity index (χ3v) is 7.91. The maximum atomic E-state index is 14.4. The molecule has 5 N–H and O–H groups in total. The van der Waals surface area contributed by atoms with E-state index in [1.807, 2.05) is 36.4 Å². The normalized spacial score (nSPS) is 13.3. The van der Waals surface area contributed by atoms with Crippen molar-refractivity contribution in [2.45, 2.75) is 6.42 Å². The summed E-state index contributed by atoms with van der Waals surface area (Å²) in [5.74, 6) is -1.57. The number of nitrogens with one attached hydrogen (secondary N) is 4. The number of anilines is 3. The van der Waals surface area contributed by atoms with Crippen molar-refractivity contribution in [1.29, 1.82) is 0 Å². The van der Waals surface area contributed by atoms with Crippen LogP contribution in [0.1, 0.15) is 21.5 Å². The van der Waals surface area contributed by atoms with E-state index in [1.165, 1.54) is 24.3 Å². The fourth-order valence-corrected chi connectivity index (χ4v) is 5.62. The fourth-order valence-electron chi connectivity index (χ4n) is 5.62. The fraction of sp³-hybridized carbons (Fsp3) is 0.235. The van der Waals surface area contributed by atoms with Gasteiger partial charge in [0.2, 0.25) is 0 Å². The third kappa shape index (κ3) is 6.74. The van der Waals surface area contributed by atoms with Crippen LogP contribution in [-0.4, -0.2) is 67.7 Å². The first kappa shape index (κ1) is 30.0. The van der Waals surface area contributed by atoms with Crippen LogP contribution in [0.15, 0.2) is 72.8 Å². The van der Waals surface area contributed by atoms with Crippen molar-refractivity contribution in [3.05, 3.63) is 101 Å². The Kier molecular flexibility index (Phi) is 8.90. The number of ether oxygens (including phenoxy) is 1. The lowest BCUT2D eigenvalue weighted by atomic mass is 9.93. The molecule has 232 valence electrons. The van der Waals surface area contributed by atoms with Crippen molar-refractivity contribution in [2.24, 2.45) is 0 Å². The number of aromatic amines is 1. The second kappa shape index (κ2) is 13.3. The molecule has 6 rings (SSSR count). The van der Waals surface area contributed by atoms with Crippen molar-refractivity contribution in [3.63, 3.8) is 0 Å². The highest BCUT2D eigenvalue weighted by molar-refractivity contribution is 6.11. The lowest BCUT2D eigenvalue weighted by Crippen LogP contribution is -2.43. The second-order valence-corrected chi connectivity index (χ2v) is 10.9. The number of phenolic OH excluding ortho intramolecular Hbond substituents is 1. The molecule has 0 spiro atoms. The molecular formula is C34H34F2N6O3. The third-order valence-electron chi connectivity index (χ3n) is 7.91. The summed E-state index contributed by atoms with van der Waals surface area (Å²) in [5, 5.41) is 27.4. The summed E-state index contributed by atoms with van der Waals surface area (Å²) in [4.78, 5) is 16.0. The molecule has 1 fully saturated rings. The van der Waals surface area contributed by atoms with Gasteiger partial charge in [-0.25, -0.2) is 8.78 Å². The number of phenols is 1. The second-order valence-electron chi connectivity index (χ2n) is 10.9. The van der Waals surface area contributed by atoms with Gasteiger partial charge in [-0.2, -0.15) is 5.10 Å². The van der Waals surface area contributed by atoms with Crippen LogP contribution in [0.5, 0.6) is 5.75 Å². The Bertz CT molecular complexity index is 1840. The Labute approximate surface area is 259 Å². The topological polar surface area (TPSA) is 115 Å². The Morgan fingerprint density at radius 3 is 2.67 bits per heavy atom. The van der Waals surface area contributed by atoms with E-state index in [0.717, 1.165) is 43.0 Å². The minimum Gasteiger partial charge on any atom is -0.505 e. The molecule has 0 atom stereocenters.